The Bertz CT molecular complexity index is 1370. The Labute approximate surface area is 414 Å². The normalized spacial score (nSPS) is 29.3. The van der Waals surface area contributed by atoms with Gasteiger partial charge in [-0.05, 0) is 163 Å². The van der Waals surface area contributed by atoms with Gasteiger partial charge in [-0.3, -0.25) is 4.90 Å². The number of likely N-dealkylation sites (tertiary alicyclic amines) is 1. The van der Waals surface area contributed by atoms with Crippen LogP contribution in [0.3, 0.4) is 0 Å². The Balaban J connectivity index is 0.831. The van der Waals surface area contributed by atoms with Crippen LogP contribution in [0.25, 0.3) is 0 Å². The van der Waals surface area contributed by atoms with Crippen LogP contribution < -0.4 is 0 Å². The average molecular weight is 939 g/mol. The fourth-order valence-corrected chi connectivity index (χ4v) is 13.5. The van der Waals surface area contributed by atoms with E-state index in [1.807, 2.05) is 0 Å². The van der Waals surface area contributed by atoms with Crippen LogP contribution in [-0.4, -0.2) is 102 Å². The van der Waals surface area contributed by atoms with Crippen molar-refractivity contribution >= 4 is 0 Å². The topological polar surface area (TPSA) is 58.6 Å². The van der Waals surface area contributed by atoms with Crippen molar-refractivity contribution in [3.05, 3.63) is 36.0 Å². The number of fused-ring (bicyclic) bond motifs is 5. The summed E-state index contributed by atoms with van der Waals surface area (Å²) in [6, 6.07) is 0.628. The molecule has 0 amide bonds. The minimum Gasteiger partial charge on any atom is -0.379 e. The van der Waals surface area contributed by atoms with Gasteiger partial charge in [0.25, 0.3) is 0 Å². The Morgan fingerprint density at radius 2 is 1.39 bits per heavy atom. The Hall–Kier alpha value is -1.06. The molecule has 0 aromatic carbocycles. The van der Waals surface area contributed by atoms with E-state index in [0.717, 1.165) is 68.5 Å². The van der Waals surface area contributed by atoms with E-state index in [4.69, 9.17) is 28.4 Å². The van der Waals surface area contributed by atoms with Crippen LogP contribution in [0.2, 0.25) is 0 Å². The number of hydrogen-bond acceptors (Lipinski definition) is 7. The van der Waals surface area contributed by atoms with E-state index in [9.17, 15) is 0 Å². The molecule has 0 radical (unpaired) electrons. The Morgan fingerprint density at radius 1 is 0.687 bits per heavy atom. The summed E-state index contributed by atoms with van der Waals surface area (Å²) >= 11 is 0. The fraction of sp³-hybridized carbons (Fsp3) is 0.900. The molecule has 4 fully saturated rings. The molecule has 1 saturated heterocycles. The molecule has 67 heavy (non-hydrogen) atoms. The zero-order valence-electron chi connectivity index (χ0n) is 44.8. The van der Waals surface area contributed by atoms with Crippen molar-refractivity contribution in [1.29, 1.82) is 0 Å². The van der Waals surface area contributed by atoms with E-state index < -0.39 is 0 Å². The summed E-state index contributed by atoms with van der Waals surface area (Å²) in [6.07, 6.45) is 46.8. The number of ether oxygens (including phenoxy) is 6. The molecule has 0 aromatic heterocycles. The number of hydrogen-bond donors (Lipinski definition) is 0. The van der Waals surface area contributed by atoms with Crippen molar-refractivity contribution in [1.82, 2.24) is 4.90 Å². The van der Waals surface area contributed by atoms with Gasteiger partial charge in [0.2, 0.25) is 0 Å². The Morgan fingerprint density at radius 3 is 2.10 bits per heavy atom. The molecule has 4 aliphatic carbocycles. The molecule has 7 heteroatoms. The molecule has 388 valence electrons. The molecule has 0 bridgehead atoms. The SMILES string of the molecule is CCCCC/C=C\C/C=C\CCCCCCCCOCC(CN1CCCC1C)OCCOCCOCCOCCO[C@H]1CC[C@@]2(C)C(=CC[C@H]3C4CCC(CCCCC(C)C)[C@@]4(C)CCC32)C1. The van der Waals surface area contributed by atoms with Gasteiger partial charge in [0, 0.05) is 19.2 Å². The fourth-order valence-electron chi connectivity index (χ4n) is 13.5. The largest absolute Gasteiger partial charge is 0.379 e. The van der Waals surface area contributed by atoms with Gasteiger partial charge in [0.15, 0.2) is 0 Å². The van der Waals surface area contributed by atoms with Crippen molar-refractivity contribution < 1.29 is 28.4 Å². The lowest BCUT2D eigenvalue weighted by Gasteiger charge is -2.58. The number of rotatable bonds is 38. The third-order valence-corrected chi connectivity index (χ3v) is 17.7. The maximum atomic E-state index is 6.44. The van der Waals surface area contributed by atoms with Crippen molar-refractivity contribution in [2.24, 2.45) is 40.4 Å². The van der Waals surface area contributed by atoms with E-state index in [1.165, 1.54) is 148 Å². The van der Waals surface area contributed by atoms with Gasteiger partial charge in [-0.2, -0.15) is 0 Å². The van der Waals surface area contributed by atoms with Gasteiger partial charge < -0.3 is 28.4 Å². The molecule has 9 atom stereocenters. The second-order valence-electron chi connectivity index (χ2n) is 23.0. The van der Waals surface area contributed by atoms with Gasteiger partial charge >= 0.3 is 0 Å². The highest BCUT2D eigenvalue weighted by Gasteiger charge is 2.58. The monoisotopic (exact) mass is 938 g/mol. The number of nitrogens with zero attached hydrogens (tertiary/aromatic N) is 1. The lowest BCUT2D eigenvalue weighted by Crippen LogP contribution is -2.50. The summed E-state index contributed by atoms with van der Waals surface area (Å²) < 4.78 is 36.5. The third kappa shape index (κ3) is 19.8. The highest BCUT2D eigenvalue weighted by Crippen LogP contribution is 2.67. The summed E-state index contributed by atoms with van der Waals surface area (Å²) in [5.41, 5.74) is 2.69. The van der Waals surface area contributed by atoms with E-state index in [1.54, 1.807) is 5.57 Å². The maximum absolute atomic E-state index is 6.44. The van der Waals surface area contributed by atoms with Crippen molar-refractivity contribution in [3.63, 3.8) is 0 Å². The highest BCUT2D eigenvalue weighted by molar-refractivity contribution is 5.25. The van der Waals surface area contributed by atoms with Gasteiger partial charge in [0.1, 0.15) is 0 Å². The number of unbranched alkanes of at least 4 members (excludes halogenated alkanes) is 10. The molecule has 1 aliphatic heterocycles. The molecule has 0 N–H and O–H groups in total. The van der Waals surface area contributed by atoms with Gasteiger partial charge in [-0.15, -0.1) is 0 Å². The van der Waals surface area contributed by atoms with Gasteiger partial charge in [0.05, 0.1) is 71.7 Å². The van der Waals surface area contributed by atoms with Gasteiger partial charge in [-0.25, -0.2) is 0 Å². The first-order valence-electron chi connectivity index (χ1n) is 29.0. The first kappa shape index (κ1) is 56.8. The van der Waals surface area contributed by atoms with Crippen molar-refractivity contribution in [2.45, 2.75) is 227 Å². The molecular formula is C60H107NO6. The van der Waals surface area contributed by atoms with E-state index in [2.05, 4.69) is 76.8 Å². The van der Waals surface area contributed by atoms with E-state index >= 15 is 0 Å². The summed E-state index contributed by atoms with van der Waals surface area (Å²) in [5, 5.41) is 0. The van der Waals surface area contributed by atoms with E-state index in [0.29, 0.717) is 82.4 Å². The van der Waals surface area contributed by atoms with Gasteiger partial charge in [-0.1, -0.05) is 128 Å². The molecule has 0 aromatic rings. The zero-order valence-corrected chi connectivity index (χ0v) is 44.8. The lowest BCUT2D eigenvalue weighted by atomic mass is 9.47. The second-order valence-corrected chi connectivity index (χ2v) is 23.0. The Kier molecular flexibility index (Phi) is 27.8. The molecule has 7 nitrogen and oxygen atoms in total. The van der Waals surface area contributed by atoms with Crippen LogP contribution in [0.1, 0.15) is 208 Å². The zero-order chi connectivity index (χ0) is 47.4. The molecule has 1 heterocycles. The summed E-state index contributed by atoms with van der Waals surface area (Å²) in [6.45, 7) is 23.1. The smallest absolute Gasteiger partial charge is 0.0936 e. The standard InChI is InChI=1S/C60H107NO6/c1-7-8-9-10-11-12-13-14-15-16-17-18-19-20-21-24-38-65-49-55(48-61-37-25-27-51(61)4)67-46-44-64-42-40-62-39-41-63-43-45-66-54-33-35-60(6)53(47-54)29-31-56-57-32-30-52(28-23-22-26-50(2)3)59(57,5)36-34-58(56)60/h11-12,14-15,29,50-52,54-58H,7-10,13,16-28,30-49H2,1-6H3/b12-11-,15-14-/t51?,52?,54-,55?,56-,57?,58?,59+,60-/m0/s1. The lowest BCUT2D eigenvalue weighted by molar-refractivity contribution is -0.0663. The maximum Gasteiger partial charge on any atom is 0.0936 e. The molecule has 5 unspecified atom stereocenters. The minimum atomic E-state index is 0.0872. The molecule has 3 saturated carbocycles. The summed E-state index contributed by atoms with van der Waals surface area (Å²) in [5.74, 6) is 4.53. The second kappa shape index (κ2) is 32.8. The van der Waals surface area contributed by atoms with Crippen LogP contribution in [0.4, 0.5) is 0 Å². The van der Waals surface area contributed by atoms with Crippen LogP contribution in [0, 0.1) is 40.4 Å². The molecule has 0 spiro atoms. The van der Waals surface area contributed by atoms with Crippen LogP contribution in [0.15, 0.2) is 36.0 Å². The van der Waals surface area contributed by atoms with Crippen LogP contribution in [0.5, 0.6) is 0 Å². The van der Waals surface area contributed by atoms with Crippen molar-refractivity contribution in [3.8, 4) is 0 Å². The molecule has 5 rings (SSSR count). The first-order chi connectivity index (χ1) is 32.7. The van der Waals surface area contributed by atoms with Crippen molar-refractivity contribution in [2.75, 3.05) is 79.2 Å². The van der Waals surface area contributed by atoms with E-state index in [-0.39, 0.29) is 6.10 Å². The predicted molar refractivity (Wildman–Crippen MR) is 281 cm³/mol. The molecular weight excluding hydrogens is 831 g/mol. The predicted octanol–water partition coefficient (Wildman–Crippen LogP) is 14.9. The third-order valence-electron chi connectivity index (χ3n) is 17.7. The van der Waals surface area contributed by atoms with Crippen LogP contribution in [-0.2, 0) is 28.4 Å². The number of allylic oxidation sites excluding steroid dienone is 5. The first-order valence-corrected chi connectivity index (χ1v) is 29.0. The average Bonchev–Trinajstić information content (AvgIpc) is 3.89. The summed E-state index contributed by atoms with van der Waals surface area (Å²) in [7, 11) is 0. The highest BCUT2D eigenvalue weighted by atomic mass is 16.6. The molecule has 5 aliphatic rings. The summed E-state index contributed by atoms with van der Waals surface area (Å²) in [4.78, 5) is 2.56. The quantitative estimate of drug-likeness (QED) is 0.0451. The van der Waals surface area contributed by atoms with Crippen LogP contribution >= 0.6 is 0 Å². The minimum absolute atomic E-state index is 0.0872.